The van der Waals surface area contributed by atoms with Gasteiger partial charge in [0.25, 0.3) is 0 Å². The van der Waals surface area contributed by atoms with Gasteiger partial charge >= 0.3 is 0 Å². The number of imidazole rings is 1. The zero-order valence-electron chi connectivity index (χ0n) is 15.7. The van der Waals surface area contributed by atoms with Crippen LogP contribution in [0.1, 0.15) is 32.6 Å². The van der Waals surface area contributed by atoms with Crippen LogP contribution in [0, 0.1) is 0 Å². The molecule has 0 saturated carbocycles. The molecule has 1 unspecified atom stereocenters. The fourth-order valence-corrected chi connectivity index (χ4v) is 4.47. The van der Waals surface area contributed by atoms with E-state index in [9.17, 15) is 5.11 Å². The standard InChI is InChI=1S/C21H23N5O2/c1-21-7-6-14(23-21)10-16(12-21)28-20-5-4-18(24-25-20)17-3-2-15(11-19(17)27)26-9-8-22-13-26/h2-5,8-9,11,13-14,16,23,27H,6-7,10,12H2,1H3/t14?,16-,21+/m1/s1. The lowest BCUT2D eigenvalue weighted by Crippen LogP contribution is -2.50. The molecule has 7 nitrogen and oxygen atoms in total. The second-order valence-corrected chi connectivity index (χ2v) is 8.05. The number of aromatic nitrogens is 4. The number of phenolic OH excluding ortho intramolecular Hbond substituents is 1. The molecule has 3 aromatic rings. The molecule has 0 aliphatic carbocycles. The van der Waals surface area contributed by atoms with Crippen LogP contribution in [0.5, 0.6) is 11.6 Å². The average molecular weight is 377 g/mol. The van der Waals surface area contributed by atoms with Crippen LogP contribution < -0.4 is 10.1 Å². The van der Waals surface area contributed by atoms with Crippen LogP contribution in [0.3, 0.4) is 0 Å². The van der Waals surface area contributed by atoms with Crippen LogP contribution in [0.25, 0.3) is 16.9 Å². The molecular weight excluding hydrogens is 354 g/mol. The first-order chi connectivity index (χ1) is 13.6. The van der Waals surface area contributed by atoms with Crippen LogP contribution in [0.4, 0.5) is 0 Å². The monoisotopic (exact) mass is 377 g/mol. The second kappa shape index (κ2) is 6.60. The van der Waals surface area contributed by atoms with Gasteiger partial charge < -0.3 is 19.7 Å². The van der Waals surface area contributed by atoms with E-state index < -0.39 is 0 Å². The Morgan fingerprint density at radius 2 is 2.18 bits per heavy atom. The van der Waals surface area contributed by atoms with Crippen LogP contribution in [0.15, 0.2) is 49.1 Å². The van der Waals surface area contributed by atoms with E-state index in [4.69, 9.17) is 4.74 Å². The van der Waals surface area contributed by atoms with Crippen molar-refractivity contribution in [2.24, 2.45) is 0 Å². The highest BCUT2D eigenvalue weighted by atomic mass is 16.5. The highest BCUT2D eigenvalue weighted by Crippen LogP contribution is 2.37. The van der Waals surface area contributed by atoms with Crippen molar-refractivity contribution in [3.63, 3.8) is 0 Å². The van der Waals surface area contributed by atoms with Gasteiger partial charge in [-0.05, 0) is 44.4 Å². The molecule has 0 spiro atoms. The van der Waals surface area contributed by atoms with E-state index in [0.29, 0.717) is 23.2 Å². The van der Waals surface area contributed by atoms with Crippen molar-refractivity contribution in [1.82, 2.24) is 25.1 Å². The maximum Gasteiger partial charge on any atom is 0.233 e. The van der Waals surface area contributed by atoms with Crippen molar-refractivity contribution >= 4 is 0 Å². The third-order valence-corrected chi connectivity index (χ3v) is 5.81. The normalized spacial score (nSPS) is 26.3. The topological polar surface area (TPSA) is 85.1 Å². The molecule has 5 rings (SSSR count). The van der Waals surface area contributed by atoms with E-state index in [1.807, 2.05) is 35.0 Å². The number of rotatable bonds is 4. The first-order valence-corrected chi connectivity index (χ1v) is 9.68. The van der Waals surface area contributed by atoms with E-state index in [-0.39, 0.29) is 17.4 Å². The summed E-state index contributed by atoms with van der Waals surface area (Å²) in [4.78, 5) is 4.03. The second-order valence-electron chi connectivity index (χ2n) is 8.05. The van der Waals surface area contributed by atoms with Gasteiger partial charge in [0.2, 0.25) is 5.88 Å². The summed E-state index contributed by atoms with van der Waals surface area (Å²) >= 11 is 0. The Morgan fingerprint density at radius 3 is 2.89 bits per heavy atom. The minimum absolute atomic E-state index is 0.150. The van der Waals surface area contributed by atoms with Gasteiger partial charge in [-0.15, -0.1) is 10.2 Å². The Balaban J connectivity index is 1.31. The van der Waals surface area contributed by atoms with Crippen molar-refractivity contribution in [1.29, 1.82) is 0 Å². The highest BCUT2D eigenvalue weighted by Gasteiger charge is 2.42. The summed E-state index contributed by atoms with van der Waals surface area (Å²) in [5.74, 6) is 0.685. The van der Waals surface area contributed by atoms with Gasteiger partial charge in [-0.25, -0.2) is 4.98 Å². The van der Waals surface area contributed by atoms with Gasteiger partial charge in [0.05, 0.1) is 17.7 Å². The Hall–Kier alpha value is -2.93. The molecule has 3 atom stereocenters. The predicted octanol–water partition coefficient (Wildman–Crippen LogP) is 3.09. The molecule has 2 aromatic heterocycles. The Labute approximate surface area is 163 Å². The number of hydrogen-bond acceptors (Lipinski definition) is 6. The molecule has 144 valence electrons. The average Bonchev–Trinajstić information content (AvgIpc) is 3.30. The number of nitrogens with one attached hydrogen (secondary N) is 1. The lowest BCUT2D eigenvalue weighted by atomic mass is 9.91. The van der Waals surface area contributed by atoms with Crippen molar-refractivity contribution in [3.8, 4) is 28.6 Å². The van der Waals surface area contributed by atoms with E-state index in [1.165, 1.54) is 12.8 Å². The molecule has 2 aliphatic heterocycles. The summed E-state index contributed by atoms with van der Waals surface area (Å²) < 4.78 is 7.94. The molecule has 2 bridgehead atoms. The van der Waals surface area contributed by atoms with Gasteiger partial charge in [0, 0.05) is 48.1 Å². The van der Waals surface area contributed by atoms with Crippen molar-refractivity contribution in [2.45, 2.75) is 50.3 Å². The molecule has 7 heteroatoms. The van der Waals surface area contributed by atoms with Crippen LogP contribution >= 0.6 is 0 Å². The van der Waals surface area contributed by atoms with Gasteiger partial charge in [-0.3, -0.25) is 0 Å². The Morgan fingerprint density at radius 1 is 1.25 bits per heavy atom. The maximum atomic E-state index is 10.4. The molecule has 1 aromatic carbocycles. The Bertz CT molecular complexity index is 973. The summed E-state index contributed by atoms with van der Waals surface area (Å²) in [6.45, 7) is 2.27. The summed E-state index contributed by atoms with van der Waals surface area (Å²) in [6, 6.07) is 9.65. The molecule has 2 saturated heterocycles. The number of piperidine rings is 1. The van der Waals surface area contributed by atoms with Gasteiger partial charge in [-0.1, -0.05) is 0 Å². The van der Waals surface area contributed by atoms with Gasteiger partial charge in [0.1, 0.15) is 11.9 Å². The third kappa shape index (κ3) is 3.22. The highest BCUT2D eigenvalue weighted by molar-refractivity contribution is 5.68. The maximum absolute atomic E-state index is 10.4. The van der Waals surface area contributed by atoms with Crippen LogP contribution in [0.2, 0.25) is 0 Å². The quantitative estimate of drug-likeness (QED) is 0.727. The van der Waals surface area contributed by atoms with Crippen molar-refractivity contribution in [2.75, 3.05) is 0 Å². The molecule has 2 aliphatic rings. The van der Waals surface area contributed by atoms with E-state index in [0.717, 1.165) is 18.5 Å². The van der Waals surface area contributed by atoms with Crippen molar-refractivity contribution < 1.29 is 9.84 Å². The minimum Gasteiger partial charge on any atom is -0.507 e. The smallest absolute Gasteiger partial charge is 0.233 e. The van der Waals surface area contributed by atoms with E-state index in [1.54, 1.807) is 18.6 Å². The molecule has 2 fully saturated rings. The van der Waals surface area contributed by atoms with Crippen LogP contribution in [-0.4, -0.2) is 42.5 Å². The minimum atomic E-state index is 0.150. The van der Waals surface area contributed by atoms with Crippen molar-refractivity contribution in [3.05, 3.63) is 49.1 Å². The number of phenols is 1. The summed E-state index contributed by atoms with van der Waals surface area (Å²) in [5, 5.41) is 22.6. The number of fused-ring (bicyclic) bond motifs is 2. The molecule has 28 heavy (non-hydrogen) atoms. The fraction of sp³-hybridized carbons (Fsp3) is 0.381. The van der Waals surface area contributed by atoms with E-state index in [2.05, 4.69) is 27.4 Å². The van der Waals surface area contributed by atoms with E-state index >= 15 is 0 Å². The van der Waals surface area contributed by atoms with Crippen LogP contribution in [-0.2, 0) is 0 Å². The molecule has 2 N–H and O–H groups in total. The molecular formula is C21H23N5O2. The lowest BCUT2D eigenvalue weighted by Gasteiger charge is -2.36. The first-order valence-electron chi connectivity index (χ1n) is 9.68. The summed E-state index contributed by atoms with van der Waals surface area (Å²) in [7, 11) is 0. The Kier molecular flexibility index (Phi) is 4.05. The predicted molar refractivity (Wildman–Crippen MR) is 104 cm³/mol. The summed E-state index contributed by atoms with van der Waals surface area (Å²) in [6.07, 6.45) is 9.80. The number of nitrogens with zero attached hydrogens (tertiary/aromatic N) is 4. The summed E-state index contributed by atoms with van der Waals surface area (Å²) in [5.41, 5.74) is 2.26. The number of benzene rings is 1. The number of hydrogen-bond donors (Lipinski definition) is 2. The zero-order chi connectivity index (χ0) is 19.1. The third-order valence-electron chi connectivity index (χ3n) is 5.81. The van der Waals surface area contributed by atoms with Gasteiger partial charge in [-0.2, -0.15) is 0 Å². The number of ether oxygens (including phenoxy) is 1. The fourth-order valence-electron chi connectivity index (χ4n) is 4.47. The largest absolute Gasteiger partial charge is 0.507 e. The molecule has 0 amide bonds. The lowest BCUT2D eigenvalue weighted by molar-refractivity contribution is 0.103. The SMILES string of the molecule is C[C@]12CCC(C[C@@H](Oc3ccc(-c4ccc(-n5ccnc5)cc4O)nn3)C1)N2. The van der Waals surface area contributed by atoms with Gasteiger partial charge in [0.15, 0.2) is 0 Å². The zero-order valence-corrected chi connectivity index (χ0v) is 15.7. The molecule has 4 heterocycles. The number of aromatic hydroxyl groups is 1. The first kappa shape index (κ1) is 17.2. The molecule has 0 radical (unpaired) electrons.